The molecule has 0 aliphatic carbocycles. The van der Waals surface area contributed by atoms with Crippen LogP contribution < -0.4 is 4.74 Å². The summed E-state index contributed by atoms with van der Waals surface area (Å²) >= 11 is 1.86. The number of thioether (sulfide) groups is 1. The quantitative estimate of drug-likeness (QED) is 0.593. The van der Waals surface area contributed by atoms with Gasteiger partial charge in [0.2, 0.25) is 10.0 Å². The van der Waals surface area contributed by atoms with Crippen molar-refractivity contribution in [2.24, 2.45) is 0 Å². The third-order valence-electron chi connectivity index (χ3n) is 6.77. The first kappa shape index (κ1) is 23.9. The molecule has 7 nitrogen and oxygen atoms in total. The Labute approximate surface area is 195 Å². The van der Waals surface area contributed by atoms with E-state index in [0.29, 0.717) is 18.7 Å². The van der Waals surface area contributed by atoms with Gasteiger partial charge >= 0.3 is 0 Å². The predicted octanol–water partition coefficient (Wildman–Crippen LogP) is 3.39. The second kappa shape index (κ2) is 10.3. The van der Waals surface area contributed by atoms with E-state index in [1.54, 1.807) is 16.4 Å². The van der Waals surface area contributed by atoms with Crippen molar-refractivity contribution in [3.63, 3.8) is 0 Å². The van der Waals surface area contributed by atoms with Crippen LogP contribution >= 0.6 is 11.8 Å². The number of piperidine rings is 1. The predicted molar refractivity (Wildman–Crippen MR) is 126 cm³/mol. The third-order valence-corrected chi connectivity index (χ3v) is 9.95. The molecule has 0 saturated carbocycles. The Kier molecular flexibility index (Phi) is 7.69. The molecule has 3 aliphatic rings. The first-order valence-corrected chi connectivity index (χ1v) is 14.2. The van der Waals surface area contributed by atoms with Gasteiger partial charge in [0, 0.05) is 43.1 Å². The van der Waals surface area contributed by atoms with Gasteiger partial charge in [0.25, 0.3) is 5.91 Å². The average Bonchev–Trinajstić information content (AvgIpc) is 3.51. The molecule has 1 aromatic rings. The van der Waals surface area contributed by atoms with E-state index in [0.717, 1.165) is 56.6 Å². The largest absolute Gasteiger partial charge is 0.495 e. The highest BCUT2D eigenvalue weighted by atomic mass is 32.2. The number of hydrogen-bond donors (Lipinski definition) is 0. The topological polar surface area (TPSA) is 76.1 Å². The van der Waals surface area contributed by atoms with E-state index in [9.17, 15) is 13.2 Å². The molecule has 0 aromatic heterocycles. The molecule has 4 rings (SSSR count). The highest BCUT2D eigenvalue weighted by molar-refractivity contribution is 7.99. The van der Waals surface area contributed by atoms with Crippen molar-refractivity contribution in [3.05, 3.63) is 23.8 Å². The number of nitrogens with zero attached hydrogens (tertiary/aromatic N) is 2. The van der Waals surface area contributed by atoms with Crippen LogP contribution in [0.25, 0.3) is 0 Å². The number of rotatable bonds is 7. The Hall–Kier alpha value is -1.29. The van der Waals surface area contributed by atoms with Gasteiger partial charge in [0.1, 0.15) is 10.6 Å². The van der Waals surface area contributed by atoms with Gasteiger partial charge in [0.15, 0.2) is 0 Å². The first-order chi connectivity index (χ1) is 15.4. The molecular formula is C23H34N2O5S2. The summed E-state index contributed by atoms with van der Waals surface area (Å²) in [5.74, 6) is 2.10. The molecule has 3 atom stereocenters. The van der Waals surface area contributed by atoms with E-state index in [1.807, 2.05) is 23.6 Å². The third kappa shape index (κ3) is 4.95. The summed E-state index contributed by atoms with van der Waals surface area (Å²) in [4.78, 5) is 15.6. The maximum absolute atomic E-state index is 13.7. The average molecular weight is 483 g/mol. The first-order valence-electron chi connectivity index (χ1n) is 11.6. The van der Waals surface area contributed by atoms with Crippen LogP contribution in [-0.4, -0.2) is 80.0 Å². The van der Waals surface area contributed by atoms with E-state index in [1.165, 1.54) is 13.2 Å². The molecular weight excluding hydrogens is 448 g/mol. The lowest BCUT2D eigenvalue weighted by molar-refractivity contribution is 0.0441. The van der Waals surface area contributed by atoms with Gasteiger partial charge in [0.05, 0.1) is 13.2 Å². The van der Waals surface area contributed by atoms with Crippen molar-refractivity contribution in [2.45, 2.75) is 68.5 Å². The minimum absolute atomic E-state index is 0.0557. The summed E-state index contributed by atoms with van der Waals surface area (Å²) < 4.78 is 39.9. The van der Waals surface area contributed by atoms with Crippen molar-refractivity contribution in [3.8, 4) is 5.75 Å². The molecule has 0 N–H and O–H groups in total. The second-order valence-electron chi connectivity index (χ2n) is 8.94. The van der Waals surface area contributed by atoms with Crippen LogP contribution in [0.4, 0.5) is 0 Å². The van der Waals surface area contributed by atoms with Crippen molar-refractivity contribution < 1.29 is 22.7 Å². The number of hydrogen-bond acceptors (Lipinski definition) is 6. The van der Waals surface area contributed by atoms with Crippen LogP contribution in [0.1, 0.15) is 55.8 Å². The van der Waals surface area contributed by atoms with Crippen LogP contribution in [0.15, 0.2) is 23.1 Å². The number of methoxy groups -OCH3 is 1. The van der Waals surface area contributed by atoms with Crippen molar-refractivity contribution in [1.82, 2.24) is 9.21 Å². The highest BCUT2D eigenvalue weighted by Gasteiger charge is 2.35. The van der Waals surface area contributed by atoms with Crippen LogP contribution in [-0.2, 0) is 14.8 Å². The van der Waals surface area contributed by atoms with E-state index in [4.69, 9.17) is 9.47 Å². The molecule has 3 heterocycles. The SMILES string of the molecule is COc1ccc(C(=O)N(CC2CCCO2)C2CCSC2)cc1S(=O)(=O)N1CCCCC1C. The molecule has 1 aromatic carbocycles. The normalized spacial score (nSPS) is 26.9. The molecule has 9 heteroatoms. The van der Waals surface area contributed by atoms with Gasteiger partial charge in [-0.1, -0.05) is 6.42 Å². The van der Waals surface area contributed by atoms with E-state index in [2.05, 4.69) is 0 Å². The summed E-state index contributed by atoms with van der Waals surface area (Å²) in [5.41, 5.74) is 0.393. The Balaban J connectivity index is 1.65. The lowest BCUT2D eigenvalue weighted by atomic mass is 10.1. The van der Waals surface area contributed by atoms with Gasteiger partial charge in [-0.15, -0.1) is 0 Å². The maximum atomic E-state index is 13.7. The molecule has 3 unspecified atom stereocenters. The summed E-state index contributed by atoms with van der Waals surface area (Å²) in [5, 5.41) is 0. The van der Waals surface area contributed by atoms with Crippen LogP contribution in [0.3, 0.4) is 0 Å². The highest BCUT2D eigenvalue weighted by Crippen LogP contribution is 2.33. The number of amides is 1. The molecule has 32 heavy (non-hydrogen) atoms. The van der Waals surface area contributed by atoms with Gasteiger partial charge in [-0.2, -0.15) is 16.1 Å². The summed E-state index contributed by atoms with van der Waals surface area (Å²) in [6, 6.07) is 4.90. The maximum Gasteiger partial charge on any atom is 0.254 e. The fourth-order valence-electron chi connectivity index (χ4n) is 4.91. The molecule has 0 bridgehead atoms. The Bertz CT molecular complexity index is 911. The number of sulfonamides is 1. The zero-order chi connectivity index (χ0) is 22.7. The number of carbonyl (C=O) groups excluding carboxylic acids is 1. The van der Waals surface area contributed by atoms with Gasteiger partial charge in [-0.05, 0) is 63.0 Å². The van der Waals surface area contributed by atoms with Gasteiger partial charge in [-0.25, -0.2) is 8.42 Å². The molecule has 0 radical (unpaired) electrons. The van der Waals surface area contributed by atoms with Crippen molar-refractivity contribution in [1.29, 1.82) is 0 Å². The molecule has 3 saturated heterocycles. The van der Waals surface area contributed by atoms with E-state index < -0.39 is 10.0 Å². The molecule has 1 amide bonds. The zero-order valence-corrected chi connectivity index (χ0v) is 20.6. The van der Waals surface area contributed by atoms with Crippen molar-refractivity contribution in [2.75, 3.05) is 38.3 Å². The molecule has 3 aliphatic heterocycles. The van der Waals surface area contributed by atoms with Crippen LogP contribution in [0, 0.1) is 0 Å². The Morgan fingerprint density at radius 1 is 1.25 bits per heavy atom. The summed E-state index contributed by atoms with van der Waals surface area (Å²) in [6.07, 6.45) is 5.70. The summed E-state index contributed by atoms with van der Waals surface area (Å²) in [7, 11) is -2.30. The monoisotopic (exact) mass is 482 g/mol. The fraction of sp³-hybridized carbons (Fsp3) is 0.696. The Morgan fingerprint density at radius 2 is 2.09 bits per heavy atom. The molecule has 178 valence electrons. The van der Waals surface area contributed by atoms with E-state index >= 15 is 0 Å². The van der Waals surface area contributed by atoms with Crippen LogP contribution in [0.2, 0.25) is 0 Å². The standard InChI is InChI=1S/C23H34N2O5S2/c1-17-6-3-4-11-25(17)32(27,28)22-14-18(8-9-21(22)29-2)23(26)24(19-10-13-31-16-19)15-20-7-5-12-30-20/h8-9,14,17,19-20H,3-7,10-13,15-16H2,1-2H3. The minimum atomic E-state index is -3.77. The lowest BCUT2D eigenvalue weighted by Crippen LogP contribution is -2.45. The lowest BCUT2D eigenvalue weighted by Gasteiger charge is -2.33. The minimum Gasteiger partial charge on any atom is -0.495 e. The number of benzene rings is 1. The van der Waals surface area contributed by atoms with Crippen LogP contribution in [0.5, 0.6) is 5.75 Å². The number of carbonyl (C=O) groups is 1. The molecule has 0 spiro atoms. The van der Waals surface area contributed by atoms with E-state index in [-0.39, 0.29) is 34.7 Å². The van der Waals surface area contributed by atoms with Gasteiger partial charge in [-0.3, -0.25) is 4.79 Å². The number of ether oxygens (including phenoxy) is 2. The second-order valence-corrected chi connectivity index (χ2v) is 11.9. The van der Waals surface area contributed by atoms with Crippen molar-refractivity contribution >= 4 is 27.7 Å². The Morgan fingerprint density at radius 3 is 2.75 bits per heavy atom. The smallest absolute Gasteiger partial charge is 0.254 e. The summed E-state index contributed by atoms with van der Waals surface area (Å²) in [6.45, 7) is 3.74. The zero-order valence-electron chi connectivity index (χ0n) is 19.0. The molecule has 3 fully saturated rings. The van der Waals surface area contributed by atoms with Gasteiger partial charge < -0.3 is 14.4 Å². The fourth-order valence-corrected chi connectivity index (χ4v) is 8.01.